The molecule has 0 radical (unpaired) electrons. The van der Waals surface area contributed by atoms with Crippen LogP contribution in [0.1, 0.15) is 12.8 Å². The van der Waals surface area contributed by atoms with Crippen molar-refractivity contribution in [2.24, 2.45) is 0 Å². The van der Waals surface area contributed by atoms with Crippen LogP contribution in [0.4, 0.5) is 0 Å². The highest BCUT2D eigenvalue weighted by molar-refractivity contribution is 5.70. The summed E-state index contributed by atoms with van der Waals surface area (Å²) in [6.07, 6.45) is 2.49. The number of esters is 1. The van der Waals surface area contributed by atoms with Crippen LogP contribution < -0.4 is 24.0 Å². The number of nitrogens with zero attached hydrogens (tertiary/aromatic N) is 1. The summed E-state index contributed by atoms with van der Waals surface area (Å²) in [5.41, 5.74) is 0. The number of ether oxygens (including phenoxy) is 1. The third kappa shape index (κ3) is 3.26. The number of hydrogen-bond donors (Lipinski definition) is 0. The predicted molar refractivity (Wildman–Crippen MR) is 42.0 cm³/mol. The van der Waals surface area contributed by atoms with E-state index < -0.39 is 0 Å². The van der Waals surface area contributed by atoms with E-state index in [0.717, 1.165) is 17.6 Å². The molecule has 3 nitrogen and oxygen atoms in total. The molecule has 1 saturated heterocycles. The Morgan fingerprint density at radius 3 is 2.33 bits per heavy atom. The van der Waals surface area contributed by atoms with Crippen LogP contribution in [0.15, 0.2) is 0 Å². The van der Waals surface area contributed by atoms with E-state index in [-0.39, 0.29) is 29.9 Å². The number of carbonyl (C=O) groups is 1. The van der Waals surface area contributed by atoms with Crippen molar-refractivity contribution in [3.63, 3.8) is 0 Å². The van der Waals surface area contributed by atoms with E-state index in [0.29, 0.717) is 6.54 Å². The first-order chi connectivity index (χ1) is 5.16. The van der Waals surface area contributed by atoms with Gasteiger partial charge in [0.2, 0.25) is 0 Å². The first-order valence-corrected chi connectivity index (χ1v) is 4.07. The van der Waals surface area contributed by atoms with Crippen LogP contribution in [0.25, 0.3) is 0 Å². The molecule has 0 aliphatic carbocycles. The lowest BCUT2D eigenvalue weighted by Crippen LogP contribution is -3.00. The molecule has 0 spiro atoms. The predicted octanol–water partition coefficient (Wildman–Crippen LogP) is -2.60. The molecule has 0 atom stereocenters. The summed E-state index contributed by atoms with van der Waals surface area (Å²) in [7, 11) is 3.56. The maximum atomic E-state index is 10.9. The maximum Gasteiger partial charge on any atom is 0.361 e. The number of halogens is 1. The number of likely N-dealkylation sites (tertiary alicyclic amines) is 1. The van der Waals surface area contributed by atoms with Crippen LogP contribution in [0.2, 0.25) is 0 Å². The minimum atomic E-state index is -0.0885. The van der Waals surface area contributed by atoms with Gasteiger partial charge in [0.15, 0.2) is 6.54 Å². The van der Waals surface area contributed by atoms with Crippen molar-refractivity contribution < 1.29 is 38.0 Å². The maximum absolute atomic E-state index is 10.9. The highest BCUT2D eigenvalue weighted by Gasteiger charge is 2.29. The average Bonchev–Trinajstić information content (AvgIpc) is 2.36. The van der Waals surface area contributed by atoms with Crippen LogP contribution in [0.5, 0.6) is 0 Å². The molecule has 12 heavy (non-hydrogen) atoms. The zero-order valence-corrected chi connectivity index (χ0v) is 9.83. The Morgan fingerprint density at radius 2 is 1.92 bits per heavy atom. The Balaban J connectivity index is 0.00000121. The fourth-order valence-electron chi connectivity index (χ4n) is 1.63. The van der Waals surface area contributed by atoms with Crippen LogP contribution in [-0.2, 0) is 9.53 Å². The van der Waals surface area contributed by atoms with Crippen molar-refractivity contribution in [1.82, 2.24) is 0 Å². The molecule has 72 valence electrons. The fraction of sp³-hybridized carbons (Fsp3) is 0.875. The summed E-state index contributed by atoms with van der Waals surface area (Å²) in [4.78, 5) is 10.9. The molecule has 0 aromatic carbocycles. The molecule has 1 heterocycles. The van der Waals surface area contributed by atoms with Crippen molar-refractivity contribution in [3.8, 4) is 0 Å². The molecule has 0 aromatic heterocycles. The van der Waals surface area contributed by atoms with Crippen LogP contribution in [0, 0.1) is 0 Å². The normalized spacial score (nSPS) is 19.8. The largest absolute Gasteiger partial charge is 1.00 e. The van der Waals surface area contributed by atoms with Crippen molar-refractivity contribution in [2.45, 2.75) is 12.8 Å². The van der Waals surface area contributed by atoms with E-state index in [4.69, 9.17) is 0 Å². The van der Waals surface area contributed by atoms with Crippen LogP contribution in [-0.4, -0.2) is 44.2 Å². The minimum Gasteiger partial charge on any atom is -1.00 e. The molecule has 1 aliphatic heterocycles. The van der Waals surface area contributed by atoms with E-state index in [1.165, 1.54) is 20.0 Å². The molecule has 0 saturated carbocycles. The summed E-state index contributed by atoms with van der Waals surface area (Å²) < 4.78 is 5.49. The summed E-state index contributed by atoms with van der Waals surface area (Å²) in [6.45, 7) is 2.78. The molecule has 0 amide bonds. The fourth-order valence-corrected chi connectivity index (χ4v) is 1.63. The van der Waals surface area contributed by atoms with Crippen molar-refractivity contribution in [2.75, 3.05) is 33.8 Å². The average molecular weight is 285 g/mol. The summed E-state index contributed by atoms with van der Waals surface area (Å²) in [6, 6.07) is 0. The summed E-state index contributed by atoms with van der Waals surface area (Å²) in [5.74, 6) is -0.0885. The number of quaternary nitrogens is 1. The Bertz CT molecular complexity index is 155. The second-order valence-electron chi connectivity index (χ2n) is 3.51. The number of carbonyl (C=O) groups excluding carboxylic acids is 1. The molecule has 0 unspecified atom stereocenters. The number of hydrogen-bond acceptors (Lipinski definition) is 2. The zero-order chi connectivity index (χ0) is 8.32. The molecule has 4 heteroatoms. The van der Waals surface area contributed by atoms with Gasteiger partial charge in [-0.1, -0.05) is 0 Å². The van der Waals surface area contributed by atoms with E-state index in [1.54, 1.807) is 0 Å². The topological polar surface area (TPSA) is 26.3 Å². The van der Waals surface area contributed by atoms with Gasteiger partial charge in [-0.15, -0.1) is 0 Å². The van der Waals surface area contributed by atoms with Gasteiger partial charge in [-0.2, -0.15) is 0 Å². The molecule has 0 N–H and O–H groups in total. The summed E-state index contributed by atoms with van der Waals surface area (Å²) in [5, 5.41) is 0. The third-order valence-electron chi connectivity index (χ3n) is 2.38. The monoisotopic (exact) mass is 285 g/mol. The number of likely N-dealkylation sites (N-methyl/N-ethyl adjacent to an activating group) is 1. The summed E-state index contributed by atoms with van der Waals surface area (Å²) >= 11 is 0. The quantitative estimate of drug-likeness (QED) is 0.316. The van der Waals surface area contributed by atoms with Gasteiger partial charge in [-0.05, 0) is 0 Å². The Morgan fingerprint density at radius 1 is 1.42 bits per heavy atom. The molecule has 1 aliphatic rings. The standard InChI is InChI=1S/C8H16NO2.HI/c1-9(5-3-4-6-9)7-8(10)11-2;/h3-7H2,1-2H3;1H/q+1;/p-1. The van der Waals surface area contributed by atoms with Gasteiger partial charge >= 0.3 is 5.97 Å². The SMILES string of the molecule is COC(=O)C[N+]1(C)CCCC1.[I-]. The van der Waals surface area contributed by atoms with Gasteiger partial charge in [-0.25, -0.2) is 4.79 Å². The lowest BCUT2D eigenvalue weighted by atomic mass is 10.4. The van der Waals surface area contributed by atoms with Crippen LogP contribution in [0.3, 0.4) is 0 Å². The molecule has 0 aromatic rings. The molecule has 1 rings (SSSR count). The second kappa shape index (κ2) is 5.01. The highest BCUT2D eigenvalue weighted by Crippen LogP contribution is 2.15. The van der Waals surface area contributed by atoms with Gasteiger partial charge in [0.25, 0.3) is 0 Å². The first kappa shape index (κ1) is 12.2. The third-order valence-corrected chi connectivity index (χ3v) is 2.38. The second-order valence-corrected chi connectivity index (χ2v) is 3.51. The number of rotatable bonds is 2. The Hall–Kier alpha value is 0.160. The Labute approximate surface area is 90.7 Å². The first-order valence-electron chi connectivity index (χ1n) is 4.07. The van der Waals surface area contributed by atoms with E-state index >= 15 is 0 Å². The smallest absolute Gasteiger partial charge is 0.361 e. The molecular formula is C8H16INO2. The van der Waals surface area contributed by atoms with Crippen LogP contribution >= 0.6 is 0 Å². The molecule has 1 fully saturated rings. The number of methoxy groups -OCH3 is 1. The minimum absolute atomic E-state index is 0. The van der Waals surface area contributed by atoms with Gasteiger partial charge in [-0.3, -0.25) is 0 Å². The van der Waals surface area contributed by atoms with E-state index in [1.807, 2.05) is 0 Å². The van der Waals surface area contributed by atoms with Gasteiger partial charge < -0.3 is 33.2 Å². The zero-order valence-electron chi connectivity index (χ0n) is 7.68. The van der Waals surface area contributed by atoms with E-state index in [2.05, 4.69) is 11.8 Å². The molecule has 0 bridgehead atoms. The van der Waals surface area contributed by atoms with Gasteiger partial charge in [0.1, 0.15) is 0 Å². The van der Waals surface area contributed by atoms with Crippen molar-refractivity contribution in [1.29, 1.82) is 0 Å². The van der Waals surface area contributed by atoms with Crippen molar-refractivity contribution in [3.05, 3.63) is 0 Å². The lowest BCUT2D eigenvalue weighted by molar-refractivity contribution is -0.890. The highest BCUT2D eigenvalue weighted by atomic mass is 127. The Kier molecular flexibility index (Phi) is 5.08. The van der Waals surface area contributed by atoms with Gasteiger partial charge in [0, 0.05) is 12.8 Å². The van der Waals surface area contributed by atoms with E-state index in [9.17, 15) is 4.79 Å². The van der Waals surface area contributed by atoms with Crippen molar-refractivity contribution >= 4 is 5.97 Å². The molecular weight excluding hydrogens is 269 g/mol. The lowest BCUT2D eigenvalue weighted by Gasteiger charge is -2.27. The van der Waals surface area contributed by atoms with Gasteiger partial charge in [0.05, 0.1) is 27.2 Å².